The normalized spacial score (nSPS) is 15.5. The number of fused-ring (bicyclic) bond motifs is 1. The van der Waals surface area contributed by atoms with Gasteiger partial charge in [0.05, 0.1) is 6.42 Å². The predicted octanol–water partition coefficient (Wildman–Crippen LogP) is 2.33. The molecule has 158 valence electrons. The molecular weight excluding hydrogens is 390 g/mol. The molecule has 0 unspecified atom stereocenters. The molecule has 2 aromatic rings. The van der Waals surface area contributed by atoms with Crippen LogP contribution in [0.5, 0.6) is 17.2 Å². The molecule has 3 N–H and O–H groups in total. The number of phenols is 1. The number of aromatic hydroxyl groups is 1. The summed E-state index contributed by atoms with van der Waals surface area (Å²) in [5.74, 6) is -2.02. The van der Waals surface area contributed by atoms with E-state index >= 15 is 0 Å². The topological polar surface area (TPSA) is 122 Å². The van der Waals surface area contributed by atoms with E-state index in [1.807, 2.05) is 6.07 Å². The number of phenolic OH excluding ortho intramolecular Hbond substituents is 1. The molecule has 0 aliphatic carbocycles. The van der Waals surface area contributed by atoms with Crippen molar-refractivity contribution in [1.29, 1.82) is 0 Å². The number of amides is 1. The van der Waals surface area contributed by atoms with Gasteiger partial charge in [0, 0.05) is 18.6 Å². The lowest BCUT2D eigenvalue weighted by Crippen LogP contribution is -2.44. The van der Waals surface area contributed by atoms with E-state index in [9.17, 15) is 24.6 Å². The third kappa shape index (κ3) is 5.08. The van der Waals surface area contributed by atoms with Crippen LogP contribution in [0.2, 0.25) is 0 Å². The van der Waals surface area contributed by atoms with E-state index in [1.165, 1.54) is 12.1 Å². The van der Waals surface area contributed by atoms with Crippen molar-refractivity contribution in [3.8, 4) is 17.2 Å². The molecule has 0 radical (unpaired) electrons. The molecule has 2 aromatic carbocycles. The second-order valence-corrected chi connectivity index (χ2v) is 7.71. The number of carbonyl (C=O) groups excluding carboxylic acids is 2. The summed E-state index contributed by atoms with van der Waals surface area (Å²) in [4.78, 5) is 35.9. The maximum absolute atomic E-state index is 12.2. The van der Waals surface area contributed by atoms with Gasteiger partial charge < -0.3 is 25.0 Å². The molecule has 3 rings (SSSR count). The summed E-state index contributed by atoms with van der Waals surface area (Å²) in [6, 6.07) is 10.5. The summed E-state index contributed by atoms with van der Waals surface area (Å²) in [5.41, 5.74) is 0.133. The molecule has 8 nitrogen and oxygen atoms in total. The highest BCUT2D eigenvalue weighted by Crippen LogP contribution is 2.40. The number of benzene rings is 2. The van der Waals surface area contributed by atoms with Crippen LogP contribution in [0.1, 0.15) is 36.2 Å². The fourth-order valence-electron chi connectivity index (χ4n) is 3.26. The Bertz CT molecular complexity index is 969. The fraction of sp³-hybridized carbons (Fsp3) is 0.318. The predicted molar refractivity (Wildman–Crippen MR) is 107 cm³/mol. The third-order valence-electron chi connectivity index (χ3n) is 4.59. The van der Waals surface area contributed by atoms with Crippen molar-refractivity contribution in [2.45, 2.75) is 38.3 Å². The Morgan fingerprint density at radius 2 is 1.93 bits per heavy atom. The number of ketones is 1. The van der Waals surface area contributed by atoms with Crippen LogP contribution in [-0.2, 0) is 16.0 Å². The Morgan fingerprint density at radius 1 is 1.23 bits per heavy atom. The van der Waals surface area contributed by atoms with E-state index in [0.29, 0.717) is 0 Å². The lowest BCUT2D eigenvalue weighted by Gasteiger charge is -2.32. The molecule has 0 bridgehead atoms. The molecule has 8 heteroatoms. The molecular formula is C22H23NO7. The lowest BCUT2D eigenvalue weighted by atomic mass is 9.92. The van der Waals surface area contributed by atoms with Crippen molar-refractivity contribution >= 4 is 17.7 Å². The smallest absolute Gasteiger partial charge is 0.326 e. The highest BCUT2D eigenvalue weighted by atomic mass is 16.5. The molecule has 1 atom stereocenters. The fourth-order valence-corrected chi connectivity index (χ4v) is 3.26. The Morgan fingerprint density at radius 3 is 2.60 bits per heavy atom. The van der Waals surface area contributed by atoms with E-state index in [0.717, 1.165) is 5.56 Å². The highest BCUT2D eigenvalue weighted by molar-refractivity contribution is 6.03. The Labute approximate surface area is 173 Å². The summed E-state index contributed by atoms with van der Waals surface area (Å²) in [6.07, 6.45) is 0.265. The first-order valence-electron chi connectivity index (χ1n) is 9.43. The number of hydrogen-bond donors (Lipinski definition) is 3. The minimum atomic E-state index is -1.16. The number of aliphatic carboxylic acids is 1. The zero-order chi connectivity index (χ0) is 21.9. The summed E-state index contributed by atoms with van der Waals surface area (Å²) >= 11 is 0. The standard InChI is InChI=1S/C22H23NO7/c1-22(2)11-17(25)20-16(24)9-14(10-18(20)30-22)29-12-19(26)23-15(21(27)28)8-13-6-4-3-5-7-13/h3-7,9-10,15,24H,8,11-12H2,1-2H3,(H,23,26)(H,27,28)/t15-/m0/s1. The zero-order valence-corrected chi connectivity index (χ0v) is 16.7. The van der Waals surface area contributed by atoms with Crippen LogP contribution in [0.25, 0.3) is 0 Å². The van der Waals surface area contributed by atoms with Gasteiger partial charge in [-0.2, -0.15) is 0 Å². The quantitative estimate of drug-likeness (QED) is 0.637. The van der Waals surface area contributed by atoms with E-state index in [4.69, 9.17) is 9.47 Å². The minimum Gasteiger partial charge on any atom is -0.507 e. The van der Waals surface area contributed by atoms with Gasteiger partial charge in [0.25, 0.3) is 5.91 Å². The maximum Gasteiger partial charge on any atom is 0.326 e. The molecule has 1 amide bonds. The average Bonchev–Trinajstić information content (AvgIpc) is 2.65. The van der Waals surface area contributed by atoms with Gasteiger partial charge in [0.1, 0.15) is 34.5 Å². The second-order valence-electron chi connectivity index (χ2n) is 7.71. The molecule has 1 aliphatic heterocycles. The number of Topliss-reactive ketones (excluding diaryl/α,β-unsaturated/α-hetero) is 1. The number of nitrogens with one attached hydrogen (secondary N) is 1. The van der Waals surface area contributed by atoms with Gasteiger partial charge in [-0.25, -0.2) is 4.79 Å². The molecule has 0 aromatic heterocycles. The van der Waals surface area contributed by atoms with Crippen LogP contribution in [0, 0.1) is 0 Å². The van der Waals surface area contributed by atoms with E-state index in [-0.39, 0.29) is 41.4 Å². The van der Waals surface area contributed by atoms with E-state index < -0.39 is 30.1 Å². The number of hydrogen-bond acceptors (Lipinski definition) is 6. The van der Waals surface area contributed by atoms with Crippen molar-refractivity contribution in [3.63, 3.8) is 0 Å². The van der Waals surface area contributed by atoms with Gasteiger partial charge in [-0.05, 0) is 19.4 Å². The van der Waals surface area contributed by atoms with Crippen molar-refractivity contribution in [3.05, 3.63) is 53.6 Å². The van der Waals surface area contributed by atoms with E-state index in [2.05, 4.69) is 5.32 Å². The van der Waals surface area contributed by atoms with Gasteiger partial charge in [-0.15, -0.1) is 0 Å². The van der Waals surface area contributed by atoms with Gasteiger partial charge in [-0.1, -0.05) is 30.3 Å². The first-order valence-corrected chi connectivity index (χ1v) is 9.43. The largest absolute Gasteiger partial charge is 0.507 e. The van der Waals surface area contributed by atoms with E-state index in [1.54, 1.807) is 38.1 Å². The van der Waals surface area contributed by atoms with Crippen LogP contribution in [0.3, 0.4) is 0 Å². The Hall–Kier alpha value is -3.55. The highest BCUT2D eigenvalue weighted by Gasteiger charge is 2.35. The first kappa shape index (κ1) is 21.2. The van der Waals surface area contributed by atoms with Gasteiger partial charge >= 0.3 is 5.97 Å². The lowest BCUT2D eigenvalue weighted by molar-refractivity contribution is -0.142. The summed E-state index contributed by atoms with van der Waals surface area (Å²) < 4.78 is 11.1. The van der Waals surface area contributed by atoms with Crippen LogP contribution >= 0.6 is 0 Å². The molecule has 1 heterocycles. The van der Waals surface area contributed by atoms with Gasteiger partial charge in [0.2, 0.25) is 0 Å². The number of carbonyl (C=O) groups is 3. The van der Waals surface area contributed by atoms with Crippen molar-refractivity contribution in [2.75, 3.05) is 6.61 Å². The number of carboxylic acids is 1. The van der Waals surface area contributed by atoms with Crippen LogP contribution in [0.15, 0.2) is 42.5 Å². The van der Waals surface area contributed by atoms with Crippen molar-refractivity contribution in [1.82, 2.24) is 5.32 Å². The van der Waals surface area contributed by atoms with Crippen LogP contribution in [-0.4, -0.2) is 46.1 Å². The van der Waals surface area contributed by atoms with Crippen LogP contribution in [0.4, 0.5) is 0 Å². The minimum absolute atomic E-state index is 0.0833. The van der Waals surface area contributed by atoms with Gasteiger partial charge in [0.15, 0.2) is 12.4 Å². The maximum atomic E-state index is 12.2. The average molecular weight is 413 g/mol. The second kappa shape index (κ2) is 8.44. The molecule has 0 fully saturated rings. The summed E-state index contributed by atoms with van der Waals surface area (Å²) in [6.45, 7) is 3.05. The monoisotopic (exact) mass is 413 g/mol. The summed E-state index contributed by atoms with van der Waals surface area (Å²) in [5, 5.41) is 22.0. The summed E-state index contributed by atoms with van der Waals surface area (Å²) in [7, 11) is 0. The Balaban J connectivity index is 1.65. The first-order chi connectivity index (χ1) is 14.1. The van der Waals surface area contributed by atoms with Gasteiger partial charge in [-0.3, -0.25) is 9.59 Å². The molecule has 1 aliphatic rings. The SMILES string of the molecule is CC1(C)CC(=O)c2c(O)cc(OCC(=O)N[C@@H](Cc3ccccc3)C(=O)O)cc2O1. The third-order valence-corrected chi connectivity index (χ3v) is 4.59. The number of carboxylic acid groups (broad SMARTS) is 1. The van der Waals surface area contributed by atoms with Crippen LogP contribution < -0.4 is 14.8 Å². The molecule has 30 heavy (non-hydrogen) atoms. The van der Waals surface area contributed by atoms with Crippen molar-refractivity contribution in [2.24, 2.45) is 0 Å². The molecule has 0 saturated carbocycles. The van der Waals surface area contributed by atoms with Crippen molar-refractivity contribution < 1.29 is 34.1 Å². The zero-order valence-electron chi connectivity index (χ0n) is 16.7. The Kier molecular flexibility index (Phi) is 5.96. The number of ether oxygens (including phenoxy) is 2. The number of rotatable bonds is 7. The molecule has 0 saturated heterocycles. The molecule has 0 spiro atoms.